The quantitative estimate of drug-likeness (QED) is 0.106. The number of thiol groups is 1. The summed E-state index contributed by atoms with van der Waals surface area (Å²) in [6, 6.07) is 11.5. The van der Waals surface area contributed by atoms with Gasteiger partial charge in [-0.15, -0.1) is 12.6 Å². The zero-order chi connectivity index (χ0) is 42.6. The van der Waals surface area contributed by atoms with Crippen LogP contribution in [0.3, 0.4) is 0 Å². The summed E-state index contributed by atoms with van der Waals surface area (Å²) in [4.78, 5) is 60.8. The molecular weight excluding hydrogens is 818 g/mol. The van der Waals surface area contributed by atoms with Gasteiger partial charge in [-0.05, 0) is 68.3 Å². The van der Waals surface area contributed by atoms with Crippen LogP contribution in [0.2, 0.25) is 5.02 Å². The molecule has 14 nitrogen and oxygen atoms in total. The van der Waals surface area contributed by atoms with Crippen molar-refractivity contribution in [2.75, 3.05) is 73.0 Å². The van der Waals surface area contributed by atoms with Gasteiger partial charge in [-0.2, -0.15) is 18.4 Å². The number of pyridine rings is 1. The highest BCUT2D eigenvalue weighted by Gasteiger charge is 2.52. The maximum atomic E-state index is 13.8. The number of aromatic nitrogens is 1. The number of anilines is 4. The Morgan fingerprint density at radius 2 is 1.78 bits per heavy atom. The molecule has 4 heterocycles. The van der Waals surface area contributed by atoms with Gasteiger partial charge in [0.2, 0.25) is 17.7 Å². The minimum Gasteiger partial charge on any atom is -0.492 e. The Hall–Kier alpha value is -5.16. The van der Waals surface area contributed by atoms with Crippen molar-refractivity contribution < 1.29 is 41.5 Å². The van der Waals surface area contributed by atoms with Crippen molar-refractivity contribution in [1.82, 2.24) is 20.1 Å². The molecule has 314 valence electrons. The van der Waals surface area contributed by atoms with Crippen molar-refractivity contribution in [3.05, 3.63) is 70.5 Å². The fourth-order valence-electron chi connectivity index (χ4n) is 7.29. The second-order valence-corrected chi connectivity index (χ2v) is 15.7. The summed E-state index contributed by atoms with van der Waals surface area (Å²) >= 11 is 10.9. The molecule has 6 rings (SSSR count). The zero-order valence-electron chi connectivity index (χ0n) is 32.1. The molecule has 2 aromatic carbocycles. The normalized spacial score (nSPS) is 20.0. The van der Waals surface area contributed by atoms with Gasteiger partial charge in [-0.25, -0.2) is 4.98 Å². The van der Waals surface area contributed by atoms with Crippen LogP contribution in [0, 0.1) is 11.3 Å². The lowest BCUT2D eigenvalue weighted by atomic mass is 10.0. The molecule has 59 heavy (non-hydrogen) atoms. The summed E-state index contributed by atoms with van der Waals surface area (Å²) in [5, 5.41) is 17.8. The highest BCUT2D eigenvalue weighted by molar-refractivity contribution is 7.81. The zero-order valence-corrected chi connectivity index (χ0v) is 33.8. The predicted octanol–water partition coefficient (Wildman–Crippen LogP) is 4.83. The Morgan fingerprint density at radius 3 is 2.46 bits per heavy atom. The van der Waals surface area contributed by atoms with E-state index in [0.29, 0.717) is 78.6 Å². The third kappa shape index (κ3) is 10.0. The third-order valence-corrected chi connectivity index (χ3v) is 11.0. The van der Waals surface area contributed by atoms with Crippen LogP contribution < -0.4 is 30.5 Å². The van der Waals surface area contributed by atoms with E-state index in [1.165, 1.54) is 6.07 Å². The van der Waals surface area contributed by atoms with Crippen LogP contribution in [-0.4, -0.2) is 108 Å². The van der Waals surface area contributed by atoms with E-state index in [4.69, 9.17) is 21.6 Å². The van der Waals surface area contributed by atoms with Gasteiger partial charge in [0.1, 0.15) is 30.0 Å². The van der Waals surface area contributed by atoms with Crippen LogP contribution >= 0.6 is 24.2 Å². The lowest BCUT2D eigenvalue weighted by Crippen LogP contribution is -2.49. The monoisotopic (exact) mass is 859 g/mol. The van der Waals surface area contributed by atoms with Crippen LogP contribution in [0.1, 0.15) is 43.5 Å². The summed E-state index contributed by atoms with van der Waals surface area (Å²) in [6.07, 6.45) is -3.28. The first kappa shape index (κ1) is 43.4. The molecule has 20 heteroatoms. The number of imide groups is 1. The van der Waals surface area contributed by atoms with Gasteiger partial charge in [0.15, 0.2) is 11.2 Å². The number of ether oxygens (including phenoxy) is 1. The number of benzene rings is 2. The van der Waals surface area contributed by atoms with Gasteiger partial charge in [-0.3, -0.25) is 43.6 Å². The van der Waals surface area contributed by atoms with E-state index >= 15 is 0 Å². The molecule has 0 aliphatic carbocycles. The molecule has 2 unspecified atom stereocenters. The Labute approximate surface area is 348 Å². The van der Waals surface area contributed by atoms with Crippen LogP contribution in [0.5, 0.6) is 5.75 Å². The standard InChI is InChI=1S/C39H42ClF4N9O5S/c1-38(2)36(57)52(28-19-29(39(42,43)44)31(20-45)46-21-28)37(59)53(38)27-3-5-32(23(15-27)7-8-41)58-14-13-50-9-11-51(12-10-50)22-34(55)48-26-17-24(40)16-25(18-26)47-30-4-6-33(54)49-35(30)56/h3,5,15-19,21,30,37,47,59H,4,6-14,22H2,1-2H3,(H,48,55)(H,49,54,56). The first-order valence-electron chi connectivity index (χ1n) is 18.7. The van der Waals surface area contributed by atoms with E-state index in [9.17, 15) is 36.7 Å². The molecule has 0 spiro atoms. The molecule has 0 saturated carbocycles. The summed E-state index contributed by atoms with van der Waals surface area (Å²) in [5.41, 5.74) is -2.63. The van der Waals surface area contributed by atoms with E-state index < -0.39 is 53.0 Å². The second-order valence-electron chi connectivity index (χ2n) is 14.8. The molecule has 3 aliphatic heterocycles. The maximum absolute atomic E-state index is 13.8. The number of hydrogen-bond acceptors (Lipinski definition) is 12. The van der Waals surface area contributed by atoms with Crippen LogP contribution in [0.15, 0.2) is 48.7 Å². The first-order valence-corrected chi connectivity index (χ1v) is 19.6. The van der Waals surface area contributed by atoms with Crippen LogP contribution in [0.4, 0.5) is 40.3 Å². The Balaban J connectivity index is 1.01. The van der Waals surface area contributed by atoms with Gasteiger partial charge in [-0.1, -0.05) is 11.6 Å². The lowest BCUT2D eigenvalue weighted by Gasteiger charge is -2.34. The third-order valence-electron chi connectivity index (χ3n) is 10.3. The Kier molecular flexibility index (Phi) is 13.2. The number of halogens is 5. The molecule has 3 saturated heterocycles. The second kappa shape index (κ2) is 18.0. The van der Waals surface area contributed by atoms with E-state index in [2.05, 4.69) is 38.5 Å². The summed E-state index contributed by atoms with van der Waals surface area (Å²) in [7, 11) is 0. The minimum atomic E-state index is -4.88. The average molecular weight is 860 g/mol. The highest BCUT2D eigenvalue weighted by Crippen LogP contribution is 2.43. The largest absolute Gasteiger partial charge is 0.492 e. The Bertz CT molecular complexity index is 2150. The number of nitrogens with zero attached hydrogens (tertiary/aromatic N) is 6. The summed E-state index contributed by atoms with van der Waals surface area (Å²) in [5.74, 6) is -1.09. The fourth-order valence-corrected chi connectivity index (χ4v) is 8.19. The number of rotatable bonds is 13. The molecule has 0 radical (unpaired) electrons. The van der Waals surface area contributed by atoms with E-state index in [0.717, 1.165) is 11.1 Å². The predicted molar refractivity (Wildman–Crippen MR) is 215 cm³/mol. The number of carbonyl (C=O) groups is 4. The lowest BCUT2D eigenvalue weighted by molar-refractivity contribution is -0.138. The van der Waals surface area contributed by atoms with Crippen LogP contribution in [0.25, 0.3) is 0 Å². The topological polar surface area (TPSA) is 163 Å². The van der Waals surface area contributed by atoms with Crippen molar-refractivity contribution in [1.29, 1.82) is 5.26 Å². The number of carbonyl (C=O) groups excluding carboxylic acids is 4. The van der Waals surface area contributed by atoms with Crippen molar-refractivity contribution >= 4 is 70.6 Å². The number of nitriles is 1. The number of hydrogen-bond donors (Lipinski definition) is 4. The summed E-state index contributed by atoms with van der Waals surface area (Å²) < 4.78 is 61.1. The number of nitrogens with one attached hydrogen (secondary N) is 3. The van der Waals surface area contributed by atoms with Gasteiger partial charge in [0, 0.05) is 67.7 Å². The number of aryl methyl sites for hydroxylation is 1. The SMILES string of the molecule is CC1(C)C(=O)N(c2cnc(C#N)c(C(F)(F)F)c2)C(S)N1c1ccc(OCCN2CCN(CC(=O)Nc3cc(Cl)cc(NC4CCC(=O)NC4=O)c3)CC2)c(CCF)c1. The number of piperazine rings is 1. The van der Waals surface area contributed by atoms with Gasteiger partial charge < -0.3 is 20.3 Å². The van der Waals surface area contributed by atoms with Gasteiger partial charge >= 0.3 is 6.18 Å². The van der Waals surface area contributed by atoms with Crippen molar-refractivity contribution in [2.45, 2.75) is 56.4 Å². The molecule has 3 N–H and O–H groups in total. The first-order chi connectivity index (χ1) is 28.0. The Morgan fingerprint density at radius 1 is 1.07 bits per heavy atom. The van der Waals surface area contributed by atoms with Crippen LogP contribution in [-0.2, 0) is 31.8 Å². The number of amides is 4. The molecule has 2 atom stereocenters. The van der Waals surface area contributed by atoms with Gasteiger partial charge in [0.05, 0.1) is 30.7 Å². The van der Waals surface area contributed by atoms with Crippen molar-refractivity contribution in [3.8, 4) is 11.8 Å². The fraction of sp³-hybridized carbons (Fsp3) is 0.436. The van der Waals surface area contributed by atoms with E-state index in [-0.39, 0.29) is 43.5 Å². The molecule has 0 bridgehead atoms. The summed E-state index contributed by atoms with van der Waals surface area (Å²) in [6.45, 7) is 6.08. The number of alkyl halides is 4. The minimum absolute atomic E-state index is 0.00835. The molecule has 3 aromatic rings. The molecular formula is C39H42ClF4N9O5S. The highest BCUT2D eigenvalue weighted by atomic mass is 35.5. The molecule has 3 aliphatic rings. The number of piperidine rings is 1. The molecule has 4 amide bonds. The van der Waals surface area contributed by atoms with E-state index in [1.807, 2.05) is 4.90 Å². The maximum Gasteiger partial charge on any atom is 0.419 e. The van der Waals surface area contributed by atoms with Crippen molar-refractivity contribution in [3.63, 3.8) is 0 Å². The smallest absolute Gasteiger partial charge is 0.419 e. The molecule has 1 aromatic heterocycles. The average Bonchev–Trinajstić information content (AvgIpc) is 3.35. The van der Waals surface area contributed by atoms with Gasteiger partial charge in [0.25, 0.3) is 5.91 Å². The van der Waals surface area contributed by atoms with Crippen molar-refractivity contribution in [2.24, 2.45) is 0 Å². The van der Waals surface area contributed by atoms with E-state index in [1.54, 1.807) is 55.1 Å². The molecule has 3 fully saturated rings.